The molecule has 0 aliphatic carbocycles. The van der Waals surface area contributed by atoms with E-state index >= 15 is 0 Å². The fourth-order valence-corrected chi connectivity index (χ4v) is 2.35. The van der Waals surface area contributed by atoms with Crippen LogP contribution in [-0.4, -0.2) is 20.3 Å². The maximum absolute atomic E-state index is 13.2. The maximum Gasteiger partial charge on any atom is 0.243 e. The standard InChI is InChI=1S/C9H10ClF2NO2S/c1-6(10)5-13-16(14,15)9-3-2-7(11)4-8(9)12/h2-4,6,13H,5H2,1H3. The van der Waals surface area contributed by atoms with Gasteiger partial charge in [0.1, 0.15) is 16.5 Å². The van der Waals surface area contributed by atoms with E-state index in [9.17, 15) is 17.2 Å². The Hall–Kier alpha value is -0.720. The lowest BCUT2D eigenvalue weighted by Gasteiger charge is -2.08. The van der Waals surface area contributed by atoms with Crippen LogP contribution in [0.15, 0.2) is 23.1 Å². The molecule has 3 nitrogen and oxygen atoms in total. The van der Waals surface area contributed by atoms with Gasteiger partial charge in [0.05, 0.1) is 0 Å². The lowest BCUT2D eigenvalue weighted by molar-refractivity contribution is 0.543. The van der Waals surface area contributed by atoms with Gasteiger partial charge in [-0.3, -0.25) is 0 Å². The predicted octanol–water partition coefficient (Wildman–Crippen LogP) is 1.87. The molecule has 0 fully saturated rings. The summed E-state index contributed by atoms with van der Waals surface area (Å²) in [7, 11) is -3.98. The minimum atomic E-state index is -3.98. The first kappa shape index (κ1) is 13.3. The molecule has 0 saturated carbocycles. The van der Waals surface area contributed by atoms with Crippen LogP contribution in [0.4, 0.5) is 8.78 Å². The van der Waals surface area contributed by atoms with Crippen molar-refractivity contribution in [3.63, 3.8) is 0 Å². The first-order chi connectivity index (χ1) is 7.33. The third kappa shape index (κ3) is 3.40. The molecule has 0 saturated heterocycles. The van der Waals surface area contributed by atoms with Crippen molar-refractivity contribution in [2.75, 3.05) is 6.54 Å². The van der Waals surface area contributed by atoms with E-state index in [1.165, 1.54) is 0 Å². The molecule has 0 radical (unpaired) electrons. The molecule has 0 amide bonds. The molecule has 16 heavy (non-hydrogen) atoms. The van der Waals surface area contributed by atoms with Gasteiger partial charge in [-0.1, -0.05) is 0 Å². The minimum Gasteiger partial charge on any atom is -0.210 e. The fraction of sp³-hybridized carbons (Fsp3) is 0.333. The number of nitrogens with one attached hydrogen (secondary N) is 1. The van der Waals surface area contributed by atoms with Gasteiger partial charge < -0.3 is 0 Å². The molecule has 1 aromatic rings. The van der Waals surface area contributed by atoms with Crippen LogP contribution in [-0.2, 0) is 10.0 Å². The van der Waals surface area contributed by atoms with Crippen molar-refractivity contribution in [2.45, 2.75) is 17.2 Å². The lowest BCUT2D eigenvalue weighted by Crippen LogP contribution is -2.29. The Morgan fingerprint density at radius 2 is 2.06 bits per heavy atom. The van der Waals surface area contributed by atoms with Gasteiger partial charge in [0.2, 0.25) is 10.0 Å². The van der Waals surface area contributed by atoms with Crippen molar-refractivity contribution in [2.24, 2.45) is 0 Å². The summed E-state index contributed by atoms with van der Waals surface area (Å²) >= 11 is 5.56. The van der Waals surface area contributed by atoms with Gasteiger partial charge in [0.15, 0.2) is 0 Å². The first-order valence-corrected chi connectivity index (χ1v) is 6.33. The highest BCUT2D eigenvalue weighted by atomic mass is 35.5. The zero-order valence-electron chi connectivity index (χ0n) is 8.38. The molecule has 1 atom stereocenters. The van der Waals surface area contributed by atoms with Crippen molar-refractivity contribution in [1.82, 2.24) is 4.72 Å². The Bertz CT molecular complexity index is 476. The number of halogens is 3. The Kier molecular flexibility index (Phi) is 4.23. The van der Waals surface area contributed by atoms with Crippen LogP contribution in [0, 0.1) is 11.6 Å². The van der Waals surface area contributed by atoms with E-state index in [1.807, 2.05) is 0 Å². The molecule has 0 aliphatic heterocycles. The highest BCUT2D eigenvalue weighted by molar-refractivity contribution is 7.89. The van der Waals surface area contributed by atoms with Gasteiger partial charge in [-0.05, 0) is 19.1 Å². The van der Waals surface area contributed by atoms with Gasteiger partial charge in [-0.15, -0.1) is 11.6 Å². The Morgan fingerprint density at radius 3 is 2.56 bits per heavy atom. The van der Waals surface area contributed by atoms with Gasteiger partial charge in [-0.25, -0.2) is 21.9 Å². The predicted molar refractivity (Wildman–Crippen MR) is 56.9 cm³/mol. The monoisotopic (exact) mass is 269 g/mol. The second kappa shape index (κ2) is 5.07. The normalized spacial score (nSPS) is 13.8. The van der Waals surface area contributed by atoms with Crippen LogP contribution in [0.3, 0.4) is 0 Å². The first-order valence-electron chi connectivity index (χ1n) is 4.41. The third-order valence-corrected chi connectivity index (χ3v) is 3.35. The van der Waals surface area contributed by atoms with Crippen LogP contribution in [0.1, 0.15) is 6.92 Å². The summed E-state index contributed by atoms with van der Waals surface area (Å²) in [6, 6.07) is 2.26. The zero-order chi connectivity index (χ0) is 12.3. The molecule has 1 rings (SSSR count). The summed E-state index contributed by atoms with van der Waals surface area (Å²) < 4.78 is 50.9. The summed E-state index contributed by atoms with van der Waals surface area (Å²) in [5.41, 5.74) is 0. The van der Waals surface area contributed by atoms with E-state index < -0.39 is 31.9 Å². The Balaban J connectivity index is 2.99. The molecule has 0 aromatic heterocycles. The average molecular weight is 270 g/mol. The smallest absolute Gasteiger partial charge is 0.210 e. The second-order valence-electron chi connectivity index (χ2n) is 3.21. The molecule has 0 bridgehead atoms. The van der Waals surface area contributed by atoms with Gasteiger partial charge >= 0.3 is 0 Å². The maximum atomic E-state index is 13.2. The van der Waals surface area contributed by atoms with E-state index in [4.69, 9.17) is 11.6 Å². The summed E-state index contributed by atoms with van der Waals surface area (Å²) in [6.07, 6.45) is 0. The zero-order valence-corrected chi connectivity index (χ0v) is 9.95. The van der Waals surface area contributed by atoms with Crippen molar-refractivity contribution >= 4 is 21.6 Å². The highest BCUT2D eigenvalue weighted by Gasteiger charge is 2.19. The van der Waals surface area contributed by atoms with Crippen LogP contribution in [0.2, 0.25) is 0 Å². The summed E-state index contributed by atoms with van der Waals surface area (Å²) in [4.78, 5) is -0.591. The second-order valence-corrected chi connectivity index (χ2v) is 5.69. The molecular formula is C9H10ClF2NO2S. The van der Waals surface area contributed by atoms with Crippen LogP contribution in [0.25, 0.3) is 0 Å². The lowest BCUT2D eigenvalue weighted by atomic mass is 10.3. The molecule has 0 aliphatic rings. The average Bonchev–Trinajstić information content (AvgIpc) is 2.14. The van der Waals surface area contributed by atoms with Gasteiger partial charge in [0, 0.05) is 18.0 Å². The number of rotatable bonds is 4. The van der Waals surface area contributed by atoms with Crippen molar-refractivity contribution in [3.8, 4) is 0 Å². The molecule has 0 spiro atoms. The largest absolute Gasteiger partial charge is 0.243 e. The molecule has 1 N–H and O–H groups in total. The quantitative estimate of drug-likeness (QED) is 0.848. The van der Waals surface area contributed by atoms with Crippen molar-refractivity contribution < 1.29 is 17.2 Å². The van der Waals surface area contributed by atoms with Crippen LogP contribution in [0.5, 0.6) is 0 Å². The highest BCUT2D eigenvalue weighted by Crippen LogP contribution is 2.15. The Labute approximate surface area is 97.5 Å². The molecule has 0 heterocycles. The summed E-state index contributed by atoms with van der Waals surface area (Å²) in [5, 5.41) is -0.418. The summed E-state index contributed by atoms with van der Waals surface area (Å²) in [6.45, 7) is 1.56. The molecular weight excluding hydrogens is 260 g/mol. The topological polar surface area (TPSA) is 46.2 Å². The van der Waals surface area contributed by atoms with Gasteiger partial charge in [0.25, 0.3) is 0 Å². The fourth-order valence-electron chi connectivity index (χ4n) is 0.995. The SMILES string of the molecule is CC(Cl)CNS(=O)(=O)c1ccc(F)cc1F. The minimum absolute atomic E-state index is 0.0271. The number of benzene rings is 1. The van der Waals surface area contributed by atoms with E-state index in [-0.39, 0.29) is 6.54 Å². The third-order valence-electron chi connectivity index (χ3n) is 1.74. The number of hydrogen-bond acceptors (Lipinski definition) is 2. The number of sulfonamides is 1. The molecule has 1 unspecified atom stereocenters. The van der Waals surface area contributed by atoms with E-state index in [0.29, 0.717) is 6.07 Å². The van der Waals surface area contributed by atoms with Gasteiger partial charge in [-0.2, -0.15) is 0 Å². The van der Waals surface area contributed by atoms with E-state index in [2.05, 4.69) is 4.72 Å². The van der Waals surface area contributed by atoms with E-state index in [1.54, 1.807) is 6.92 Å². The molecule has 1 aromatic carbocycles. The van der Waals surface area contributed by atoms with Crippen molar-refractivity contribution in [1.29, 1.82) is 0 Å². The Morgan fingerprint density at radius 1 is 1.44 bits per heavy atom. The number of alkyl halides is 1. The molecule has 7 heteroatoms. The molecule has 90 valence electrons. The number of hydrogen-bond donors (Lipinski definition) is 1. The van der Waals surface area contributed by atoms with Crippen LogP contribution >= 0.6 is 11.6 Å². The van der Waals surface area contributed by atoms with E-state index in [0.717, 1.165) is 12.1 Å². The summed E-state index contributed by atoms with van der Waals surface area (Å²) in [5.74, 6) is -1.96. The van der Waals surface area contributed by atoms with Crippen LogP contribution < -0.4 is 4.72 Å². The van der Waals surface area contributed by atoms with Crippen molar-refractivity contribution in [3.05, 3.63) is 29.8 Å².